The van der Waals surface area contributed by atoms with E-state index < -0.39 is 35.6 Å². The van der Waals surface area contributed by atoms with Crippen LogP contribution >= 0.6 is 0 Å². The van der Waals surface area contributed by atoms with Gasteiger partial charge in [0.2, 0.25) is 17.6 Å². The van der Waals surface area contributed by atoms with Crippen LogP contribution in [0.25, 0.3) is 6.08 Å². The summed E-state index contributed by atoms with van der Waals surface area (Å²) in [5.41, 5.74) is 2.13. The van der Waals surface area contributed by atoms with Crippen molar-refractivity contribution in [2.75, 3.05) is 4.90 Å². The zero-order valence-corrected chi connectivity index (χ0v) is 16.7. The van der Waals surface area contributed by atoms with Crippen LogP contribution in [0.15, 0.2) is 77.5 Å². The molecule has 0 aliphatic carbocycles. The second-order valence-electron chi connectivity index (χ2n) is 8.16. The molecular formula is C25H17FN2O4. The first-order valence-corrected chi connectivity index (χ1v) is 10.3. The predicted molar refractivity (Wildman–Crippen MR) is 113 cm³/mol. The number of ketones is 1. The van der Waals surface area contributed by atoms with E-state index in [1.165, 1.54) is 30.5 Å². The number of amides is 2. The summed E-state index contributed by atoms with van der Waals surface area (Å²) in [4.78, 5) is 43.6. The van der Waals surface area contributed by atoms with Gasteiger partial charge in [-0.25, -0.2) is 9.29 Å². The Bertz CT molecular complexity index is 1280. The van der Waals surface area contributed by atoms with Gasteiger partial charge in [0.05, 0.1) is 29.8 Å². The van der Waals surface area contributed by atoms with Gasteiger partial charge in [0.25, 0.3) is 0 Å². The van der Waals surface area contributed by atoms with Crippen molar-refractivity contribution in [1.29, 1.82) is 0 Å². The van der Waals surface area contributed by atoms with Crippen molar-refractivity contribution in [2.45, 2.75) is 12.1 Å². The minimum absolute atomic E-state index is 0.141. The van der Waals surface area contributed by atoms with E-state index in [1.54, 1.807) is 18.3 Å². The molecule has 2 amide bonds. The van der Waals surface area contributed by atoms with E-state index in [1.807, 2.05) is 35.2 Å². The number of benzene rings is 2. The SMILES string of the molecule is O=C(c1ccco1)[C@@H]1[C@@H]2C(=O)N(c3ccc(F)cc3)C(=O)[C@H]2[C@H]2c3ccccc3C=CN12. The first kappa shape index (κ1) is 18.7. The quantitative estimate of drug-likeness (QED) is 0.469. The third-order valence-electron chi connectivity index (χ3n) is 6.58. The van der Waals surface area contributed by atoms with Crippen LogP contribution in [0.1, 0.15) is 27.7 Å². The maximum absolute atomic E-state index is 13.6. The number of Topliss-reactive ketones (excluding diaryl/α,β-unsaturated/α-hetero) is 1. The number of fused-ring (bicyclic) bond motifs is 5. The van der Waals surface area contributed by atoms with Crippen molar-refractivity contribution < 1.29 is 23.2 Å². The van der Waals surface area contributed by atoms with Gasteiger partial charge in [0.15, 0.2) is 5.76 Å². The van der Waals surface area contributed by atoms with Crippen LogP contribution < -0.4 is 4.90 Å². The van der Waals surface area contributed by atoms with Gasteiger partial charge in [-0.05, 0) is 53.6 Å². The molecule has 4 atom stereocenters. The molecule has 0 saturated carbocycles. The summed E-state index contributed by atoms with van der Waals surface area (Å²) < 4.78 is 18.8. The fraction of sp³-hybridized carbons (Fsp3) is 0.160. The molecule has 3 aromatic rings. The van der Waals surface area contributed by atoms with Crippen LogP contribution in [0.2, 0.25) is 0 Å². The second kappa shape index (κ2) is 6.75. The van der Waals surface area contributed by atoms with Crippen LogP contribution in [0, 0.1) is 17.7 Å². The van der Waals surface area contributed by atoms with E-state index in [-0.39, 0.29) is 17.5 Å². The fourth-order valence-corrected chi connectivity index (χ4v) is 5.27. The number of rotatable bonds is 3. The molecule has 0 spiro atoms. The van der Waals surface area contributed by atoms with Crippen LogP contribution in [0.3, 0.4) is 0 Å². The van der Waals surface area contributed by atoms with Gasteiger partial charge in [0.1, 0.15) is 11.9 Å². The van der Waals surface area contributed by atoms with Crippen molar-refractivity contribution in [1.82, 2.24) is 4.90 Å². The first-order chi connectivity index (χ1) is 15.6. The minimum Gasteiger partial charge on any atom is -0.461 e. The lowest BCUT2D eigenvalue weighted by atomic mass is 9.84. The highest BCUT2D eigenvalue weighted by Gasteiger charge is 2.64. The van der Waals surface area contributed by atoms with Crippen molar-refractivity contribution in [3.63, 3.8) is 0 Å². The van der Waals surface area contributed by atoms with Crippen molar-refractivity contribution in [3.8, 4) is 0 Å². The highest BCUT2D eigenvalue weighted by atomic mass is 19.1. The molecule has 0 unspecified atom stereocenters. The van der Waals surface area contributed by atoms with Gasteiger partial charge < -0.3 is 9.32 Å². The largest absolute Gasteiger partial charge is 0.461 e. The van der Waals surface area contributed by atoms with Gasteiger partial charge >= 0.3 is 0 Å². The maximum Gasteiger partial charge on any atom is 0.240 e. The molecule has 7 heteroatoms. The minimum atomic E-state index is -0.886. The van der Waals surface area contributed by atoms with Crippen LogP contribution in [0.4, 0.5) is 10.1 Å². The van der Waals surface area contributed by atoms with Gasteiger partial charge in [-0.2, -0.15) is 0 Å². The van der Waals surface area contributed by atoms with E-state index in [0.29, 0.717) is 5.69 Å². The summed E-state index contributed by atoms with van der Waals surface area (Å²) in [7, 11) is 0. The van der Waals surface area contributed by atoms with Crippen LogP contribution in [-0.2, 0) is 9.59 Å². The molecule has 32 heavy (non-hydrogen) atoms. The number of furan rings is 1. The van der Waals surface area contributed by atoms with Crippen LogP contribution in [0.5, 0.6) is 0 Å². The van der Waals surface area contributed by atoms with Crippen LogP contribution in [-0.4, -0.2) is 28.5 Å². The second-order valence-corrected chi connectivity index (χ2v) is 8.16. The molecule has 158 valence electrons. The molecule has 3 aliphatic rings. The highest BCUT2D eigenvalue weighted by molar-refractivity contribution is 6.24. The number of carbonyl (C=O) groups is 3. The Morgan fingerprint density at radius 1 is 0.906 bits per heavy atom. The maximum atomic E-state index is 13.6. The van der Waals surface area contributed by atoms with Crippen molar-refractivity contribution in [3.05, 3.63) is 95.8 Å². The summed E-state index contributed by atoms with van der Waals surface area (Å²) in [6, 6.07) is 14.7. The molecule has 2 fully saturated rings. The van der Waals surface area contributed by atoms with Crippen molar-refractivity contribution >= 4 is 29.4 Å². The molecule has 3 aliphatic heterocycles. The van der Waals surface area contributed by atoms with E-state index >= 15 is 0 Å². The molecule has 0 radical (unpaired) electrons. The molecular weight excluding hydrogens is 411 g/mol. The third kappa shape index (κ3) is 2.48. The lowest BCUT2D eigenvalue weighted by Crippen LogP contribution is -2.44. The molecule has 0 N–H and O–H groups in total. The van der Waals surface area contributed by atoms with Gasteiger partial charge in [-0.3, -0.25) is 14.4 Å². The van der Waals surface area contributed by atoms with Gasteiger partial charge in [-0.1, -0.05) is 24.3 Å². The van der Waals surface area contributed by atoms with E-state index in [9.17, 15) is 18.8 Å². The lowest BCUT2D eigenvalue weighted by molar-refractivity contribution is -0.123. The molecule has 1 aromatic heterocycles. The highest BCUT2D eigenvalue weighted by Crippen LogP contribution is 2.53. The fourth-order valence-electron chi connectivity index (χ4n) is 5.27. The number of halogens is 1. The average molecular weight is 428 g/mol. The topological polar surface area (TPSA) is 70.8 Å². The van der Waals surface area contributed by atoms with E-state index in [2.05, 4.69) is 0 Å². The summed E-state index contributed by atoms with van der Waals surface area (Å²) in [5, 5.41) is 0. The van der Waals surface area contributed by atoms with E-state index in [4.69, 9.17) is 4.42 Å². The summed E-state index contributed by atoms with van der Waals surface area (Å²) in [6.07, 6.45) is 5.09. The predicted octanol–water partition coefficient (Wildman–Crippen LogP) is 3.82. The first-order valence-electron chi connectivity index (χ1n) is 10.3. The Morgan fingerprint density at radius 2 is 1.66 bits per heavy atom. The molecule has 2 saturated heterocycles. The smallest absolute Gasteiger partial charge is 0.240 e. The molecule has 6 nitrogen and oxygen atoms in total. The number of imide groups is 1. The Hall–Kier alpha value is -4.00. The van der Waals surface area contributed by atoms with E-state index in [0.717, 1.165) is 16.0 Å². The monoisotopic (exact) mass is 428 g/mol. The number of hydrogen-bond acceptors (Lipinski definition) is 5. The zero-order chi connectivity index (χ0) is 22.0. The average Bonchev–Trinajstić information content (AvgIpc) is 3.51. The number of carbonyl (C=O) groups excluding carboxylic acids is 3. The zero-order valence-electron chi connectivity index (χ0n) is 16.7. The summed E-state index contributed by atoms with van der Waals surface area (Å²) >= 11 is 0. The molecule has 2 aromatic carbocycles. The summed E-state index contributed by atoms with van der Waals surface area (Å²) in [6.45, 7) is 0. The normalized spacial score (nSPS) is 25.7. The molecule has 4 heterocycles. The number of nitrogens with zero attached hydrogens (tertiary/aromatic N) is 2. The Balaban J connectivity index is 1.50. The Labute approximate surface area is 182 Å². The third-order valence-corrected chi connectivity index (χ3v) is 6.58. The molecule has 6 rings (SSSR count). The molecule has 0 bridgehead atoms. The van der Waals surface area contributed by atoms with Gasteiger partial charge in [-0.15, -0.1) is 0 Å². The number of anilines is 1. The van der Waals surface area contributed by atoms with Gasteiger partial charge in [0, 0.05) is 6.20 Å². The Kier molecular flexibility index (Phi) is 3.95. The van der Waals surface area contributed by atoms with Crippen molar-refractivity contribution in [2.24, 2.45) is 11.8 Å². The summed E-state index contributed by atoms with van der Waals surface area (Å²) in [5.74, 6) is -3.15. The standard InChI is InChI=1S/C25H17FN2O4/c26-15-7-9-16(10-8-15)28-24(30)19-20(25(28)31)22(23(29)18-6-3-13-32-18)27-12-11-14-4-1-2-5-17(14)21(19)27/h1-13,19-22H/t19-,20-,21-,22+/m1/s1. The number of hydrogen-bond donors (Lipinski definition) is 0. The Morgan fingerprint density at radius 3 is 2.41 bits per heavy atom. The lowest BCUT2D eigenvalue weighted by Gasteiger charge is -2.35.